The van der Waals surface area contributed by atoms with Gasteiger partial charge >= 0.3 is 0 Å². The van der Waals surface area contributed by atoms with Crippen LogP contribution in [0.25, 0.3) is 11.3 Å². The van der Waals surface area contributed by atoms with Crippen LogP contribution in [-0.4, -0.2) is 15.9 Å². The summed E-state index contributed by atoms with van der Waals surface area (Å²) >= 11 is 0. The summed E-state index contributed by atoms with van der Waals surface area (Å²) in [5.74, 6) is -0.242. The van der Waals surface area contributed by atoms with Crippen LogP contribution in [0.3, 0.4) is 0 Å². The average molecular weight is 345 g/mol. The first-order valence-corrected chi connectivity index (χ1v) is 9.07. The number of hydrogen-bond donors (Lipinski definition) is 1. The van der Waals surface area contributed by atoms with Crippen LogP contribution in [0.5, 0.6) is 5.75 Å². The van der Waals surface area contributed by atoms with Crippen LogP contribution in [0.15, 0.2) is 66.9 Å². The monoisotopic (exact) mass is 345 g/mol. The number of unbranched alkanes of at least 4 members (excludes halogenated alkanes) is 2. The minimum atomic E-state index is -0.228. The molecular weight excluding hydrogens is 322 g/mol. The number of benzene rings is 2. The molecule has 26 heavy (non-hydrogen) atoms. The van der Waals surface area contributed by atoms with Crippen LogP contribution in [0.1, 0.15) is 47.7 Å². The van der Waals surface area contributed by atoms with Gasteiger partial charge in [-0.2, -0.15) is 0 Å². The number of hydrogen-bond acceptors (Lipinski definition) is 3. The highest BCUT2D eigenvalue weighted by Crippen LogP contribution is 2.22. The van der Waals surface area contributed by atoms with Gasteiger partial charge in [0.2, 0.25) is 0 Å². The van der Waals surface area contributed by atoms with Crippen molar-refractivity contribution in [1.29, 1.82) is 0 Å². The zero-order chi connectivity index (χ0) is 18.4. The Balaban J connectivity index is 1.73. The molecule has 0 saturated heterocycles. The van der Waals surface area contributed by atoms with E-state index in [-0.39, 0.29) is 11.5 Å². The zero-order valence-corrected chi connectivity index (χ0v) is 15.0. The number of ketones is 1. The van der Waals surface area contributed by atoms with E-state index in [1.54, 1.807) is 30.5 Å². The molecule has 132 valence electrons. The molecule has 0 radical (unpaired) electrons. The standard InChI is InChI=1S/C23H23NO2/c1-2-3-4-7-17-10-12-18(13-11-17)21-15-14-19(16-24-21)23(26)20-8-5-6-9-22(20)25/h5-6,8-16,25H,2-4,7H2,1H3. The van der Waals surface area contributed by atoms with Crippen molar-refractivity contribution >= 4 is 5.78 Å². The number of carbonyl (C=O) groups excluding carboxylic acids is 1. The summed E-state index contributed by atoms with van der Waals surface area (Å²) in [6, 6.07) is 18.6. The van der Waals surface area contributed by atoms with Crippen molar-refractivity contribution < 1.29 is 9.90 Å². The molecule has 3 rings (SSSR count). The molecule has 0 amide bonds. The van der Waals surface area contributed by atoms with Crippen LogP contribution in [0.4, 0.5) is 0 Å². The molecule has 0 unspecified atom stereocenters. The average Bonchev–Trinajstić information content (AvgIpc) is 2.69. The zero-order valence-electron chi connectivity index (χ0n) is 15.0. The minimum Gasteiger partial charge on any atom is -0.507 e. The summed E-state index contributed by atoms with van der Waals surface area (Å²) in [6.45, 7) is 2.21. The Morgan fingerprint density at radius 1 is 0.962 bits per heavy atom. The molecule has 2 aromatic carbocycles. The maximum atomic E-state index is 12.5. The molecule has 0 aliphatic heterocycles. The van der Waals surface area contributed by atoms with Crippen molar-refractivity contribution in [3.63, 3.8) is 0 Å². The van der Waals surface area contributed by atoms with Crippen molar-refractivity contribution in [2.24, 2.45) is 0 Å². The lowest BCUT2D eigenvalue weighted by atomic mass is 10.0. The lowest BCUT2D eigenvalue weighted by molar-refractivity contribution is 0.103. The SMILES string of the molecule is CCCCCc1ccc(-c2ccc(C(=O)c3ccccc3O)cn2)cc1. The predicted molar refractivity (Wildman–Crippen MR) is 104 cm³/mol. The van der Waals surface area contributed by atoms with Crippen LogP contribution >= 0.6 is 0 Å². The summed E-state index contributed by atoms with van der Waals surface area (Å²) in [7, 11) is 0. The molecule has 0 spiro atoms. The van der Waals surface area contributed by atoms with Gasteiger partial charge in [0.1, 0.15) is 5.75 Å². The van der Waals surface area contributed by atoms with E-state index < -0.39 is 0 Å². The molecule has 0 bridgehead atoms. The maximum Gasteiger partial charge on any atom is 0.198 e. The molecule has 3 nitrogen and oxygen atoms in total. The molecule has 1 N–H and O–H groups in total. The Bertz CT molecular complexity index is 867. The Hall–Kier alpha value is -2.94. The van der Waals surface area contributed by atoms with E-state index in [9.17, 15) is 9.90 Å². The number of aromatic hydroxyl groups is 1. The van der Waals surface area contributed by atoms with Gasteiger partial charge in [-0.15, -0.1) is 0 Å². The first-order chi connectivity index (χ1) is 12.7. The third-order valence-corrected chi connectivity index (χ3v) is 4.49. The number of rotatable bonds is 7. The minimum absolute atomic E-state index is 0.0137. The number of nitrogens with zero attached hydrogens (tertiary/aromatic N) is 1. The molecule has 1 aromatic heterocycles. The van der Waals surface area contributed by atoms with E-state index in [4.69, 9.17) is 0 Å². The van der Waals surface area contributed by atoms with Crippen LogP contribution in [0, 0.1) is 0 Å². The van der Waals surface area contributed by atoms with Gasteiger partial charge in [0.05, 0.1) is 11.3 Å². The maximum absolute atomic E-state index is 12.5. The van der Waals surface area contributed by atoms with Gasteiger partial charge in [-0.1, -0.05) is 56.2 Å². The molecule has 0 fully saturated rings. The first-order valence-electron chi connectivity index (χ1n) is 9.07. The van der Waals surface area contributed by atoms with Crippen molar-refractivity contribution in [3.8, 4) is 17.0 Å². The van der Waals surface area contributed by atoms with E-state index in [1.165, 1.54) is 30.9 Å². The van der Waals surface area contributed by atoms with E-state index in [1.807, 2.05) is 6.07 Å². The van der Waals surface area contributed by atoms with E-state index in [0.29, 0.717) is 11.1 Å². The lowest BCUT2D eigenvalue weighted by Gasteiger charge is -2.06. The normalized spacial score (nSPS) is 10.7. The molecule has 3 aromatic rings. The fourth-order valence-electron chi connectivity index (χ4n) is 2.94. The second kappa shape index (κ2) is 8.43. The van der Waals surface area contributed by atoms with Gasteiger partial charge in [-0.3, -0.25) is 9.78 Å². The Morgan fingerprint density at radius 3 is 2.38 bits per heavy atom. The largest absolute Gasteiger partial charge is 0.507 e. The molecule has 0 atom stereocenters. The summed E-state index contributed by atoms with van der Waals surface area (Å²) in [5.41, 5.74) is 3.96. The van der Waals surface area contributed by atoms with Crippen LogP contribution < -0.4 is 0 Å². The van der Waals surface area contributed by atoms with Crippen molar-refractivity contribution in [3.05, 3.63) is 83.6 Å². The predicted octanol–water partition coefficient (Wildman–Crippen LogP) is 5.42. The number of phenols is 1. The Morgan fingerprint density at radius 2 is 1.73 bits per heavy atom. The Kier molecular flexibility index (Phi) is 5.80. The number of aromatic nitrogens is 1. The second-order valence-corrected chi connectivity index (χ2v) is 6.43. The summed E-state index contributed by atoms with van der Waals surface area (Å²) < 4.78 is 0. The number of pyridine rings is 1. The fourth-order valence-corrected chi connectivity index (χ4v) is 2.94. The quantitative estimate of drug-likeness (QED) is 0.459. The summed E-state index contributed by atoms with van der Waals surface area (Å²) in [6.07, 6.45) is 6.38. The third kappa shape index (κ3) is 4.17. The highest BCUT2D eigenvalue weighted by atomic mass is 16.3. The molecular formula is C23H23NO2. The van der Waals surface area contributed by atoms with Gasteiger partial charge in [0.15, 0.2) is 5.78 Å². The van der Waals surface area contributed by atoms with Gasteiger partial charge in [0.25, 0.3) is 0 Å². The highest BCUT2D eigenvalue weighted by molar-refractivity contribution is 6.10. The van der Waals surface area contributed by atoms with Gasteiger partial charge in [-0.05, 0) is 42.7 Å². The lowest BCUT2D eigenvalue weighted by Crippen LogP contribution is -2.02. The molecule has 1 heterocycles. The van der Waals surface area contributed by atoms with Gasteiger partial charge in [0, 0.05) is 17.3 Å². The smallest absolute Gasteiger partial charge is 0.198 e. The van der Waals surface area contributed by atoms with Crippen molar-refractivity contribution in [2.75, 3.05) is 0 Å². The topological polar surface area (TPSA) is 50.2 Å². The summed E-state index contributed by atoms with van der Waals surface area (Å²) in [4.78, 5) is 16.9. The third-order valence-electron chi connectivity index (χ3n) is 4.49. The molecule has 0 aliphatic carbocycles. The fraction of sp³-hybridized carbons (Fsp3) is 0.217. The van der Waals surface area contributed by atoms with Crippen molar-refractivity contribution in [1.82, 2.24) is 4.98 Å². The number of carbonyl (C=O) groups is 1. The first kappa shape index (κ1) is 17.9. The second-order valence-electron chi connectivity index (χ2n) is 6.43. The molecule has 0 saturated carbocycles. The van der Waals surface area contributed by atoms with E-state index in [0.717, 1.165) is 17.7 Å². The van der Waals surface area contributed by atoms with Crippen LogP contribution in [-0.2, 0) is 6.42 Å². The summed E-state index contributed by atoms with van der Waals surface area (Å²) in [5, 5.41) is 9.84. The van der Waals surface area contributed by atoms with Crippen molar-refractivity contribution in [2.45, 2.75) is 32.6 Å². The van der Waals surface area contributed by atoms with Gasteiger partial charge < -0.3 is 5.11 Å². The van der Waals surface area contributed by atoms with E-state index in [2.05, 4.69) is 36.2 Å². The molecule has 3 heteroatoms. The number of aryl methyl sites for hydroxylation is 1. The highest BCUT2D eigenvalue weighted by Gasteiger charge is 2.13. The number of para-hydroxylation sites is 1. The molecule has 0 aliphatic rings. The Labute approximate surface area is 154 Å². The van der Waals surface area contributed by atoms with Crippen LogP contribution in [0.2, 0.25) is 0 Å². The van der Waals surface area contributed by atoms with E-state index >= 15 is 0 Å². The number of phenolic OH excluding ortho intramolecular Hbond substituents is 1. The van der Waals surface area contributed by atoms with Gasteiger partial charge in [-0.25, -0.2) is 0 Å².